The van der Waals surface area contributed by atoms with Gasteiger partial charge in [-0.2, -0.15) is 0 Å². The highest BCUT2D eigenvalue weighted by Gasteiger charge is 2.33. The van der Waals surface area contributed by atoms with Crippen LogP contribution in [0.5, 0.6) is 0 Å². The van der Waals surface area contributed by atoms with E-state index in [1.165, 1.54) is 75.8 Å². The van der Waals surface area contributed by atoms with E-state index in [1.54, 1.807) is 0 Å². The molecule has 1 aliphatic carbocycles. The summed E-state index contributed by atoms with van der Waals surface area (Å²) in [6, 6.07) is 70.8. The Morgan fingerprint density at radius 2 is 0.891 bits per heavy atom. The monoisotopic (exact) mass is 721 g/mol. The molecule has 0 amide bonds. The molecule has 1 aromatic heterocycles. The lowest BCUT2D eigenvalue weighted by Crippen LogP contribution is -2.16. The van der Waals surface area contributed by atoms with Gasteiger partial charge in [0.15, 0.2) is 0 Å². The van der Waals surface area contributed by atoms with Crippen molar-refractivity contribution in [2.24, 2.45) is 0 Å². The lowest BCUT2D eigenvalue weighted by Gasteiger charge is -2.28. The lowest BCUT2D eigenvalue weighted by atomic mass is 9.78. The van der Waals surface area contributed by atoms with Crippen LogP contribution in [0.4, 0.5) is 17.1 Å². The Balaban J connectivity index is 0.977. The summed E-state index contributed by atoms with van der Waals surface area (Å²) in [5.74, 6) is 0. The molecule has 1 nitrogen and oxygen atoms in total. The Kier molecular flexibility index (Phi) is 8.08. The maximum absolute atomic E-state index is 2.36. The van der Waals surface area contributed by atoms with Gasteiger partial charge in [0.2, 0.25) is 0 Å². The van der Waals surface area contributed by atoms with Gasteiger partial charge in [-0.3, -0.25) is 0 Å². The fraction of sp³-hybridized carbons (Fsp3) is 0.0566. The van der Waals surface area contributed by atoms with Crippen LogP contribution in [0.1, 0.15) is 30.5 Å². The zero-order valence-corrected chi connectivity index (χ0v) is 31.7. The molecule has 0 bridgehead atoms. The van der Waals surface area contributed by atoms with Gasteiger partial charge < -0.3 is 4.90 Å². The minimum Gasteiger partial charge on any atom is -0.311 e. The van der Waals surface area contributed by atoms with Crippen molar-refractivity contribution in [2.45, 2.75) is 19.3 Å². The minimum absolute atomic E-state index is 0.0506. The van der Waals surface area contributed by atoms with Crippen molar-refractivity contribution in [3.05, 3.63) is 211 Å². The van der Waals surface area contributed by atoms with Crippen molar-refractivity contribution in [3.8, 4) is 33.4 Å². The van der Waals surface area contributed by atoms with Crippen molar-refractivity contribution in [1.82, 2.24) is 0 Å². The van der Waals surface area contributed by atoms with E-state index in [1.807, 2.05) is 11.3 Å². The molecule has 2 heteroatoms. The summed E-state index contributed by atoms with van der Waals surface area (Å²) in [5, 5.41) is 2.66. The summed E-state index contributed by atoms with van der Waals surface area (Å²) in [5.41, 5.74) is 16.0. The van der Waals surface area contributed by atoms with E-state index >= 15 is 0 Å². The van der Waals surface area contributed by atoms with E-state index in [4.69, 9.17) is 0 Å². The molecule has 1 aliphatic rings. The van der Waals surface area contributed by atoms with Gasteiger partial charge >= 0.3 is 0 Å². The summed E-state index contributed by atoms with van der Waals surface area (Å²) < 4.78 is 2.68. The van der Waals surface area contributed by atoms with Gasteiger partial charge in [0, 0.05) is 42.6 Å². The molecular weight excluding hydrogens is 683 g/mol. The fourth-order valence-electron chi connectivity index (χ4n) is 8.41. The molecule has 0 fully saturated rings. The number of nitrogens with zero attached hydrogens (tertiary/aromatic N) is 1. The molecule has 0 unspecified atom stereocenters. The van der Waals surface area contributed by atoms with Gasteiger partial charge in [-0.05, 0) is 104 Å². The zero-order chi connectivity index (χ0) is 36.9. The first-order chi connectivity index (χ1) is 27.0. The van der Waals surface area contributed by atoms with E-state index in [0.29, 0.717) is 0 Å². The van der Waals surface area contributed by atoms with Gasteiger partial charge in [0.25, 0.3) is 0 Å². The minimum atomic E-state index is -0.0506. The third kappa shape index (κ3) is 5.87. The second-order valence-electron chi connectivity index (χ2n) is 15.0. The van der Waals surface area contributed by atoms with Crippen LogP contribution in [-0.4, -0.2) is 0 Å². The summed E-state index contributed by atoms with van der Waals surface area (Å²) >= 11 is 1.88. The molecule has 0 saturated heterocycles. The van der Waals surface area contributed by atoms with Crippen molar-refractivity contribution in [1.29, 1.82) is 0 Å². The molecule has 55 heavy (non-hydrogen) atoms. The Labute approximate surface area is 327 Å². The Hall–Kier alpha value is -6.48. The number of fused-ring (bicyclic) bond motifs is 4. The van der Waals surface area contributed by atoms with Crippen molar-refractivity contribution in [3.63, 3.8) is 0 Å². The van der Waals surface area contributed by atoms with Gasteiger partial charge in [-0.15, -0.1) is 11.3 Å². The highest BCUT2D eigenvalue weighted by Crippen LogP contribution is 2.47. The second-order valence-corrected chi connectivity index (χ2v) is 16.0. The van der Waals surface area contributed by atoms with E-state index in [0.717, 1.165) is 17.1 Å². The first kappa shape index (κ1) is 33.1. The predicted molar refractivity (Wildman–Crippen MR) is 238 cm³/mol. The molecule has 0 spiro atoms. The maximum atomic E-state index is 2.36. The van der Waals surface area contributed by atoms with Gasteiger partial charge in [0.05, 0.1) is 0 Å². The van der Waals surface area contributed by atoms with E-state index in [2.05, 4.69) is 219 Å². The largest absolute Gasteiger partial charge is 0.311 e. The van der Waals surface area contributed by atoms with Gasteiger partial charge in [-0.25, -0.2) is 0 Å². The number of hydrogen-bond donors (Lipinski definition) is 0. The molecule has 0 saturated carbocycles. The summed E-state index contributed by atoms with van der Waals surface area (Å²) in [6.45, 7) is 4.67. The number of anilines is 3. The van der Waals surface area contributed by atoms with Gasteiger partial charge in [-0.1, -0.05) is 166 Å². The maximum Gasteiger partial charge on any atom is 0.0462 e. The average Bonchev–Trinajstić information content (AvgIpc) is 3.76. The lowest BCUT2D eigenvalue weighted by molar-refractivity contribution is 0.704. The van der Waals surface area contributed by atoms with Gasteiger partial charge in [0.1, 0.15) is 0 Å². The standard InChI is InChI=1S/C53H39NS/c1-53(2)49-17-8-6-13-42(49)35-50(53)41-27-33-45(34-28-41)54(43-29-23-38(24-30-43)36-11-4-3-5-12-36)44-31-25-39(26-32-44)37-19-21-40(22-20-37)46-15-10-16-48-47-14-7-9-18-51(47)55-52(46)48/h3-35H,1-2H3. The number of benzene rings is 8. The first-order valence-corrected chi connectivity index (χ1v) is 19.8. The molecule has 0 aliphatic heterocycles. The molecule has 1 heterocycles. The normalized spacial score (nSPS) is 13.2. The number of hydrogen-bond acceptors (Lipinski definition) is 2. The van der Waals surface area contributed by atoms with Crippen molar-refractivity contribution in [2.75, 3.05) is 4.90 Å². The van der Waals surface area contributed by atoms with Crippen LogP contribution >= 0.6 is 11.3 Å². The molecular formula is C53H39NS. The molecule has 9 aromatic rings. The quantitative estimate of drug-likeness (QED) is 0.158. The van der Waals surface area contributed by atoms with Crippen molar-refractivity contribution < 1.29 is 0 Å². The molecule has 0 radical (unpaired) electrons. The molecule has 8 aromatic carbocycles. The van der Waals surface area contributed by atoms with E-state index in [9.17, 15) is 0 Å². The topological polar surface area (TPSA) is 3.24 Å². The summed E-state index contributed by atoms with van der Waals surface area (Å²) in [6.07, 6.45) is 2.36. The Morgan fingerprint density at radius 1 is 0.400 bits per heavy atom. The SMILES string of the molecule is CC1(C)C(c2ccc(N(c3ccc(-c4ccccc4)cc3)c3ccc(-c4ccc(-c5cccc6c5sc5ccccc56)cc4)cc3)cc2)=Cc2ccccc21. The Bertz CT molecular complexity index is 2840. The van der Waals surface area contributed by atoms with Crippen LogP contribution in [0.15, 0.2) is 194 Å². The molecule has 10 rings (SSSR count). The smallest absolute Gasteiger partial charge is 0.0462 e. The number of thiophene rings is 1. The van der Waals surface area contributed by atoms with Crippen LogP contribution in [0.3, 0.4) is 0 Å². The zero-order valence-electron chi connectivity index (χ0n) is 30.9. The molecule has 262 valence electrons. The predicted octanol–water partition coefficient (Wildman–Crippen LogP) is 15.4. The average molecular weight is 722 g/mol. The summed E-state index contributed by atoms with van der Waals surface area (Å²) in [4.78, 5) is 2.36. The molecule has 0 N–H and O–H groups in total. The van der Waals surface area contributed by atoms with Crippen LogP contribution in [0, 0.1) is 0 Å². The second kappa shape index (κ2) is 13.4. The van der Waals surface area contributed by atoms with Crippen molar-refractivity contribution >= 4 is 60.2 Å². The molecule has 0 atom stereocenters. The van der Waals surface area contributed by atoms with E-state index in [-0.39, 0.29) is 5.41 Å². The van der Waals surface area contributed by atoms with Crippen LogP contribution in [0.2, 0.25) is 0 Å². The highest BCUT2D eigenvalue weighted by atomic mass is 32.1. The van der Waals surface area contributed by atoms with Crippen LogP contribution < -0.4 is 4.90 Å². The summed E-state index contributed by atoms with van der Waals surface area (Å²) in [7, 11) is 0. The number of rotatable bonds is 7. The van der Waals surface area contributed by atoms with E-state index < -0.39 is 0 Å². The Morgan fingerprint density at radius 3 is 1.53 bits per heavy atom. The first-order valence-electron chi connectivity index (χ1n) is 19.0. The fourth-order valence-corrected chi connectivity index (χ4v) is 9.65. The van der Waals surface area contributed by atoms with Crippen LogP contribution in [0.25, 0.3) is 65.2 Å². The third-order valence-electron chi connectivity index (χ3n) is 11.3. The highest BCUT2D eigenvalue weighted by molar-refractivity contribution is 7.26. The third-order valence-corrected chi connectivity index (χ3v) is 12.6. The number of allylic oxidation sites excluding steroid dienone is 1. The van der Waals surface area contributed by atoms with Crippen LogP contribution in [-0.2, 0) is 5.41 Å².